The minimum absolute atomic E-state index is 0.0558. The lowest BCUT2D eigenvalue weighted by Crippen LogP contribution is -2.36. The fourth-order valence-corrected chi connectivity index (χ4v) is 3.48. The first-order chi connectivity index (χ1) is 13.1. The van der Waals surface area contributed by atoms with E-state index >= 15 is 0 Å². The van der Waals surface area contributed by atoms with Gasteiger partial charge in [0.05, 0.1) is 11.4 Å². The zero-order valence-corrected chi connectivity index (χ0v) is 14.5. The first-order valence-electron chi connectivity index (χ1n) is 8.81. The Morgan fingerprint density at radius 1 is 1.22 bits per heavy atom. The molecule has 1 aliphatic rings. The van der Waals surface area contributed by atoms with Crippen molar-refractivity contribution in [3.8, 4) is 0 Å². The monoisotopic (exact) mass is 363 g/mol. The number of hydrogen-bond acceptors (Lipinski definition) is 3. The van der Waals surface area contributed by atoms with Gasteiger partial charge in [0.2, 0.25) is 11.8 Å². The van der Waals surface area contributed by atoms with Crippen LogP contribution in [0.4, 0.5) is 10.1 Å². The first kappa shape index (κ1) is 17.1. The van der Waals surface area contributed by atoms with Gasteiger partial charge in [0.25, 0.3) is 0 Å². The van der Waals surface area contributed by atoms with Gasteiger partial charge in [-0.1, -0.05) is 30.3 Å². The summed E-state index contributed by atoms with van der Waals surface area (Å²) in [6.07, 6.45) is 2.44. The summed E-state index contributed by atoms with van der Waals surface area (Å²) in [5.74, 6) is -1.57. The van der Waals surface area contributed by atoms with Crippen molar-refractivity contribution in [2.75, 3.05) is 11.9 Å². The molecule has 2 heterocycles. The fraction of sp³-hybridized carbons (Fsp3) is 0.190. The van der Waals surface area contributed by atoms with Crippen LogP contribution >= 0.6 is 0 Å². The standard InChI is InChI=1S/C21H18FN3O2/c22-15-6-7-16-17(12-19(26)25-18(16)11-15)21(27)24-10-8-14-4-1-3-13-5-2-9-23-20(13)14/h1-7,9,11,17H,8,10,12H2,(H,24,27)(H,25,26)/t17-/m1/s1. The van der Waals surface area contributed by atoms with Gasteiger partial charge in [0.15, 0.2) is 0 Å². The lowest BCUT2D eigenvalue weighted by Gasteiger charge is -2.25. The van der Waals surface area contributed by atoms with Crippen molar-refractivity contribution >= 4 is 28.4 Å². The number of amides is 2. The van der Waals surface area contributed by atoms with Gasteiger partial charge in [-0.05, 0) is 35.7 Å². The summed E-state index contributed by atoms with van der Waals surface area (Å²) < 4.78 is 13.4. The third-order valence-electron chi connectivity index (χ3n) is 4.78. The van der Waals surface area contributed by atoms with Crippen LogP contribution in [-0.2, 0) is 16.0 Å². The number of halogens is 1. The summed E-state index contributed by atoms with van der Waals surface area (Å²) in [5, 5.41) is 6.58. The van der Waals surface area contributed by atoms with Gasteiger partial charge in [-0.3, -0.25) is 14.6 Å². The zero-order chi connectivity index (χ0) is 18.8. The molecule has 0 spiro atoms. The van der Waals surface area contributed by atoms with E-state index in [1.54, 1.807) is 12.3 Å². The van der Waals surface area contributed by atoms with E-state index in [9.17, 15) is 14.0 Å². The predicted octanol–water partition coefficient (Wildman–Crippen LogP) is 3.16. The molecule has 4 rings (SSSR count). The molecule has 2 aromatic carbocycles. The SMILES string of the molecule is O=C1C[C@@H](C(=O)NCCc2cccc3cccnc23)c2ccc(F)cc2N1. The summed E-state index contributed by atoms with van der Waals surface area (Å²) >= 11 is 0. The minimum atomic E-state index is -0.611. The van der Waals surface area contributed by atoms with Crippen molar-refractivity contribution in [3.05, 3.63) is 71.7 Å². The summed E-state index contributed by atoms with van der Waals surface area (Å²) in [5.41, 5.74) is 2.98. The van der Waals surface area contributed by atoms with Crippen LogP contribution in [-0.4, -0.2) is 23.3 Å². The maximum Gasteiger partial charge on any atom is 0.228 e. The van der Waals surface area contributed by atoms with Crippen molar-refractivity contribution < 1.29 is 14.0 Å². The number of carbonyl (C=O) groups is 2. The number of pyridine rings is 1. The number of fused-ring (bicyclic) bond motifs is 2. The Morgan fingerprint density at radius 2 is 2.07 bits per heavy atom. The van der Waals surface area contributed by atoms with E-state index < -0.39 is 11.7 Å². The average Bonchev–Trinajstić information content (AvgIpc) is 2.67. The highest BCUT2D eigenvalue weighted by Crippen LogP contribution is 2.32. The molecule has 1 aromatic heterocycles. The van der Waals surface area contributed by atoms with Crippen molar-refractivity contribution in [3.63, 3.8) is 0 Å². The average molecular weight is 363 g/mol. The molecular formula is C21H18FN3O2. The van der Waals surface area contributed by atoms with E-state index in [0.29, 0.717) is 24.2 Å². The van der Waals surface area contributed by atoms with Crippen LogP contribution in [0.2, 0.25) is 0 Å². The van der Waals surface area contributed by atoms with Crippen molar-refractivity contribution in [2.24, 2.45) is 0 Å². The number of benzene rings is 2. The third kappa shape index (κ3) is 3.51. The summed E-state index contributed by atoms with van der Waals surface area (Å²) in [6, 6.07) is 14.0. The molecule has 2 N–H and O–H groups in total. The first-order valence-corrected chi connectivity index (χ1v) is 8.81. The second-order valence-corrected chi connectivity index (χ2v) is 6.57. The molecule has 0 unspecified atom stereocenters. The smallest absolute Gasteiger partial charge is 0.228 e. The largest absolute Gasteiger partial charge is 0.355 e. The Kier molecular flexibility index (Phi) is 4.54. The summed E-state index contributed by atoms with van der Waals surface area (Å²) in [6.45, 7) is 0.434. The van der Waals surface area contributed by atoms with Gasteiger partial charge >= 0.3 is 0 Å². The fourth-order valence-electron chi connectivity index (χ4n) is 3.48. The Balaban J connectivity index is 1.46. The van der Waals surface area contributed by atoms with Gasteiger partial charge in [0.1, 0.15) is 5.82 Å². The summed E-state index contributed by atoms with van der Waals surface area (Å²) in [7, 11) is 0. The Bertz CT molecular complexity index is 1030. The highest BCUT2D eigenvalue weighted by Gasteiger charge is 2.30. The molecule has 0 saturated heterocycles. The van der Waals surface area contributed by atoms with E-state index in [1.807, 2.05) is 30.3 Å². The molecule has 2 amide bonds. The van der Waals surface area contributed by atoms with Crippen LogP contribution in [0.5, 0.6) is 0 Å². The Hall–Kier alpha value is -3.28. The number of hydrogen-bond donors (Lipinski definition) is 2. The van der Waals surface area contributed by atoms with Crippen LogP contribution in [0, 0.1) is 5.82 Å². The molecule has 0 aliphatic carbocycles. The molecule has 136 valence electrons. The van der Waals surface area contributed by atoms with Crippen molar-refractivity contribution in [2.45, 2.75) is 18.8 Å². The van der Waals surface area contributed by atoms with Gasteiger partial charge in [-0.15, -0.1) is 0 Å². The highest BCUT2D eigenvalue weighted by molar-refractivity contribution is 6.01. The Morgan fingerprint density at radius 3 is 2.96 bits per heavy atom. The highest BCUT2D eigenvalue weighted by atomic mass is 19.1. The second kappa shape index (κ2) is 7.15. The van der Waals surface area contributed by atoms with Gasteiger partial charge in [-0.2, -0.15) is 0 Å². The molecule has 0 fully saturated rings. The maximum absolute atomic E-state index is 13.4. The minimum Gasteiger partial charge on any atom is -0.355 e. The topological polar surface area (TPSA) is 71.1 Å². The molecular weight excluding hydrogens is 345 g/mol. The molecule has 1 atom stereocenters. The van der Waals surface area contributed by atoms with E-state index in [4.69, 9.17) is 0 Å². The number of nitrogens with zero attached hydrogens (tertiary/aromatic N) is 1. The van der Waals surface area contributed by atoms with Gasteiger partial charge in [0, 0.05) is 30.2 Å². The normalized spacial score (nSPS) is 15.9. The number of anilines is 1. The van der Waals surface area contributed by atoms with Crippen LogP contribution < -0.4 is 10.6 Å². The van der Waals surface area contributed by atoms with E-state index in [-0.39, 0.29) is 18.2 Å². The molecule has 6 heteroatoms. The predicted molar refractivity (Wildman–Crippen MR) is 101 cm³/mol. The zero-order valence-electron chi connectivity index (χ0n) is 14.5. The molecule has 27 heavy (non-hydrogen) atoms. The molecule has 0 bridgehead atoms. The molecule has 5 nitrogen and oxygen atoms in total. The molecule has 3 aromatic rings. The molecule has 1 aliphatic heterocycles. The van der Waals surface area contributed by atoms with E-state index in [0.717, 1.165) is 16.5 Å². The van der Waals surface area contributed by atoms with Crippen LogP contribution in [0.25, 0.3) is 10.9 Å². The van der Waals surface area contributed by atoms with Crippen LogP contribution in [0.1, 0.15) is 23.5 Å². The number of aromatic nitrogens is 1. The molecule has 0 radical (unpaired) electrons. The third-order valence-corrected chi connectivity index (χ3v) is 4.78. The quantitative estimate of drug-likeness (QED) is 0.748. The van der Waals surface area contributed by atoms with E-state index in [1.165, 1.54) is 12.1 Å². The lowest BCUT2D eigenvalue weighted by molar-refractivity contribution is -0.126. The van der Waals surface area contributed by atoms with Gasteiger partial charge < -0.3 is 10.6 Å². The van der Waals surface area contributed by atoms with E-state index in [2.05, 4.69) is 15.6 Å². The lowest BCUT2D eigenvalue weighted by atomic mass is 9.89. The second-order valence-electron chi connectivity index (χ2n) is 6.57. The number of carbonyl (C=O) groups excluding carboxylic acids is 2. The number of nitrogens with one attached hydrogen (secondary N) is 2. The van der Waals surface area contributed by atoms with Crippen molar-refractivity contribution in [1.82, 2.24) is 10.3 Å². The molecule has 0 saturated carbocycles. The Labute approximate surface area is 155 Å². The number of para-hydroxylation sites is 1. The van der Waals surface area contributed by atoms with Crippen LogP contribution in [0.3, 0.4) is 0 Å². The van der Waals surface area contributed by atoms with Crippen LogP contribution in [0.15, 0.2) is 54.7 Å². The number of rotatable bonds is 4. The van der Waals surface area contributed by atoms with Crippen molar-refractivity contribution in [1.29, 1.82) is 0 Å². The van der Waals surface area contributed by atoms with Gasteiger partial charge in [-0.25, -0.2) is 4.39 Å². The summed E-state index contributed by atoms with van der Waals surface area (Å²) in [4.78, 5) is 28.9. The maximum atomic E-state index is 13.4.